The average Bonchev–Trinajstić information content (AvgIpc) is 2.89. The number of hydrogen-bond acceptors (Lipinski definition) is 3. The van der Waals surface area contributed by atoms with Gasteiger partial charge in [0, 0.05) is 49.2 Å². The first-order valence-corrected chi connectivity index (χ1v) is 11.9. The molecule has 0 spiro atoms. The number of halogens is 7. The van der Waals surface area contributed by atoms with Gasteiger partial charge < -0.3 is 4.90 Å². The Balaban J connectivity index is 1.61. The van der Waals surface area contributed by atoms with Crippen molar-refractivity contribution in [3.63, 3.8) is 0 Å². The number of piperazine rings is 1. The van der Waals surface area contributed by atoms with Gasteiger partial charge in [0.1, 0.15) is 5.82 Å². The van der Waals surface area contributed by atoms with E-state index in [1.165, 1.54) is 29.2 Å². The van der Waals surface area contributed by atoms with E-state index in [1.54, 1.807) is 24.5 Å². The molecule has 3 aromatic rings. The third kappa shape index (κ3) is 7.35. The quantitative estimate of drug-likeness (QED) is 0.311. The Morgan fingerprint density at radius 3 is 2.21 bits per heavy atom. The molecule has 0 radical (unpaired) electrons. The molecule has 0 aliphatic carbocycles. The molecule has 1 aliphatic rings. The van der Waals surface area contributed by atoms with Crippen LogP contribution in [0.15, 0.2) is 67.0 Å². The SMILES string of the molecule is O=C(c1cc(C(F)(F)F)cc(C(F)(F)F)c1)N1CCN(CC#Cc2cccnc2)C[C@H]1Cc1ccc(F)cc1. The standard InChI is InChI=1S/C28H22F7N3O/c29-24-7-5-19(6-8-24)13-25-18-37(10-2-4-20-3-1-9-36-17-20)11-12-38(25)26(39)21-14-22(27(30,31)32)16-23(15-21)28(33,34)35/h1,3,5-9,14-17,25H,10-13,18H2/t25-/m1/s1. The van der Waals surface area contributed by atoms with Gasteiger partial charge in [-0.15, -0.1) is 0 Å². The minimum Gasteiger partial charge on any atom is -0.333 e. The first kappa shape index (κ1) is 28.1. The smallest absolute Gasteiger partial charge is 0.333 e. The van der Waals surface area contributed by atoms with Crippen LogP contribution in [0.25, 0.3) is 0 Å². The Bertz CT molecular complexity index is 1330. The maximum absolute atomic E-state index is 13.4. The van der Waals surface area contributed by atoms with E-state index >= 15 is 0 Å². The van der Waals surface area contributed by atoms with Crippen molar-refractivity contribution in [3.8, 4) is 11.8 Å². The zero-order valence-corrected chi connectivity index (χ0v) is 20.4. The molecular formula is C28H22F7N3O. The fraction of sp³-hybridized carbons (Fsp3) is 0.286. The minimum atomic E-state index is -5.07. The van der Waals surface area contributed by atoms with Gasteiger partial charge in [0.15, 0.2) is 0 Å². The van der Waals surface area contributed by atoms with E-state index in [9.17, 15) is 35.5 Å². The van der Waals surface area contributed by atoms with Crippen molar-refractivity contribution >= 4 is 5.91 Å². The summed E-state index contributed by atoms with van der Waals surface area (Å²) in [6.07, 6.45) is -6.72. The molecule has 0 unspecified atom stereocenters. The van der Waals surface area contributed by atoms with Crippen molar-refractivity contribution in [2.24, 2.45) is 0 Å². The molecule has 2 aromatic carbocycles. The summed E-state index contributed by atoms with van der Waals surface area (Å²) >= 11 is 0. The lowest BCUT2D eigenvalue weighted by Crippen LogP contribution is -2.56. The van der Waals surface area contributed by atoms with Crippen LogP contribution < -0.4 is 0 Å². The van der Waals surface area contributed by atoms with E-state index in [4.69, 9.17) is 0 Å². The maximum Gasteiger partial charge on any atom is 0.416 e. The lowest BCUT2D eigenvalue weighted by atomic mass is 9.99. The number of aromatic nitrogens is 1. The van der Waals surface area contributed by atoms with E-state index in [0.29, 0.717) is 36.3 Å². The topological polar surface area (TPSA) is 36.4 Å². The third-order valence-corrected chi connectivity index (χ3v) is 6.24. The van der Waals surface area contributed by atoms with Gasteiger partial charge in [-0.1, -0.05) is 24.0 Å². The van der Waals surface area contributed by atoms with E-state index in [0.717, 1.165) is 0 Å². The van der Waals surface area contributed by atoms with Gasteiger partial charge in [0.05, 0.1) is 17.7 Å². The largest absolute Gasteiger partial charge is 0.416 e. The number of alkyl halides is 6. The number of benzene rings is 2. The molecule has 39 heavy (non-hydrogen) atoms. The number of nitrogens with zero attached hydrogens (tertiary/aromatic N) is 3. The summed E-state index contributed by atoms with van der Waals surface area (Å²) in [5.41, 5.74) is -2.45. The summed E-state index contributed by atoms with van der Waals surface area (Å²) < 4.78 is 93.7. The van der Waals surface area contributed by atoms with Crippen LogP contribution in [0.3, 0.4) is 0 Å². The molecule has 1 saturated heterocycles. The second kappa shape index (κ2) is 11.5. The van der Waals surface area contributed by atoms with Crippen LogP contribution in [0.2, 0.25) is 0 Å². The highest BCUT2D eigenvalue weighted by Crippen LogP contribution is 2.36. The van der Waals surface area contributed by atoms with Crippen LogP contribution in [-0.2, 0) is 18.8 Å². The van der Waals surface area contributed by atoms with E-state index in [-0.39, 0.29) is 25.6 Å². The highest BCUT2D eigenvalue weighted by molar-refractivity contribution is 5.95. The molecule has 0 bridgehead atoms. The number of amides is 1. The summed E-state index contributed by atoms with van der Waals surface area (Å²) in [5.74, 6) is 4.58. The van der Waals surface area contributed by atoms with E-state index in [2.05, 4.69) is 16.8 Å². The van der Waals surface area contributed by atoms with E-state index in [1.807, 2.05) is 4.90 Å². The Labute approximate surface area is 220 Å². The predicted molar refractivity (Wildman–Crippen MR) is 129 cm³/mol. The molecule has 0 N–H and O–H groups in total. The van der Waals surface area contributed by atoms with Crippen molar-refractivity contribution in [3.05, 3.63) is 101 Å². The first-order valence-electron chi connectivity index (χ1n) is 11.9. The van der Waals surface area contributed by atoms with Gasteiger partial charge in [-0.05, 0) is 54.4 Å². The summed E-state index contributed by atoms with van der Waals surface area (Å²) in [6, 6.07) is 9.32. The maximum atomic E-state index is 13.4. The molecule has 204 valence electrons. The molecule has 1 fully saturated rings. The molecular weight excluding hydrogens is 527 g/mol. The van der Waals surface area contributed by atoms with Crippen LogP contribution in [0, 0.1) is 17.7 Å². The Morgan fingerprint density at radius 2 is 1.62 bits per heavy atom. The monoisotopic (exact) mass is 549 g/mol. The van der Waals surface area contributed by atoms with Crippen molar-refractivity contribution in [2.75, 3.05) is 26.2 Å². The van der Waals surface area contributed by atoms with Gasteiger partial charge in [-0.3, -0.25) is 14.7 Å². The fourth-order valence-corrected chi connectivity index (χ4v) is 4.33. The average molecular weight is 549 g/mol. The summed E-state index contributed by atoms with van der Waals surface area (Å²) in [6.45, 7) is 0.934. The summed E-state index contributed by atoms with van der Waals surface area (Å²) in [5, 5.41) is 0. The van der Waals surface area contributed by atoms with Gasteiger partial charge in [-0.25, -0.2) is 4.39 Å². The Kier molecular flexibility index (Phi) is 8.25. The summed E-state index contributed by atoms with van der Waals surface area (Å²) in [7, 11) is 0. The molecule has 1 atom stereocenters. The van der Waals surface area contributed by atoms with Crippen LogP contribution in [0.5, 0.6) is 0 Å². The van der Waals surface area contributed by atoms with Crippen molar-refractivity contribution in [2.45, 2.75) is 24.8 Å². The number of rotatable bonds is 4. The highest BCUT2D eigenvalue weighted by atomic mass is 19.4. The zero-order valence-electron chi connectivity index (χ0n) is 20.4. The number of hydrogen-bond donors (Lipinski definition) is 0. The Hall–Kier alpha value is -3.91. The number of carbonyl (C=O) groups excluding carboxylic acids is 1. The lowest BCUT2D eigenvalue weighted by Gasteiger charge is -2.41. The Morgan fingerprint density at radius 1 is 0.949 bits per heavy atom. The molecule has 4 nitrogen and oxygen atoms in total. The molecule has 1 aromatic heterocycles. The molecule has 1 aliphatic heterocycles. The van der Waals surface area contributed by atoms with Crippen molar-refractivity contribution in [1.29, 1.82) is 0 Å². The van der Waals surface area contributed by atoms with E-state index < -0.39 is 46.8 Å². The normalized spacial score (nSPS) is 16.5. The molecule has 11 heteroatoms. The van der Waals surface area contributed by atoms with Crippen LogP contribution in [0.1, 0.15) is 32.6 Å². The zero-order chi connectivity index (χ0) is 28.2. The van der Waals surface area contributed by atoms with Gasteiger partial charge >= 0.3 is 12.4 Å². The van der Waals surface area contributed by atoms with Crippen LogP contribution in [-0.4, -0.2) is 52.9 Å². The van der Waals surface area contributed by atoms with Crippen LogP contribution in [0.4, 0.5) is 30.7 Å². The third-order valence-electron chi connectivity index (χ3n) is 6.24. The number of pyridine rings is 1. The second-order valence-corrected chi connectivity index (χ2v) is 9.06. The number of carbonyl (C=O) groups is 1. The first-order chi connectivity index (χ1) is 18.4. The second-order valence-electron chi connectivity index (χ2n) is 9.06. The minimum absolute atomic E-state index is 0.00829. The lowest BCUT2D eigenvalue weighted by molar-refractivity contribution is -0.143. The molecule has 2 heterocycles. The molecule has 4 rings (SSSR count). The van der Waals surface area contributed by atoms with Gasteiger partial charge in [-0.2, -0.15) is 26.3 Å². The summed E-state index contributed by atoms with van der Waals surface area (Å²) in [4.78, 5) is 20.6. The predicted octanol–water partition coefficient (Wildman–Crippen LogP) is 5.68. The van der Waals surface area contributed by atoms with Crippen molar-refractivity contribution < 1.29 is 35.5 Å². The van der Waals surface area contributed by atoms with Gasteiger partial charge in [0.25, 0.3) is 5.91 Å². The fourth-order valence-electron chi connectivity index (χ4n) is 4.33. The molecule has 1 amide bonds. The van der Waals surface area contributed by atoms with Crippen molar-refractivity contribution in [1.82, 2.24) is 14.8 Å². The van der Waals surface area contributed by atoms with Crippen LogP contribution >= 0.6 is 0 Å². The van der Waals surface area contributed by atoms with Gasteiger partial charge in [0.2, 0.25) is 0 Å². The molecule has 0 saturated carbocycles. The highest BCUT2D eigenvalue weighted by Gasteiger charge is 2.39.